The standard InChI is InChI=1S/C15H20N2O/c1-16-15(11-6-8-17-9-7-11)13-10-18-14-5-3-2-4-12(13)14/h2-5,10-11,15-17H,6-9H2,1H3. The molecule has 3 nitrogen and oxygen atoms in total. The van der Waals surface area contributed by atoms with E-state index in [1.807, 2.05) is 18.4 Å². The Morgan fingerprint density at radius 1 is 1.28 bits per heavy atom. The highest BCUT2D eigenvalue weighted by atomic mass is 16.3. The van der Waals surface area contributed by atoms with Gasteiger partial charge >= 0.3 is 0 Å². The van der Waals surface area contributed by atoms with Gasteiger partial charge in [0.05, 0.1) is 6.26 Å². The lowest BCUT2D eigenvalue weighted by Gasteiger charge is -2.30. The SMILES string of the molecule is CNC(c1coc2ccccc12)C1CCNCC1. The summed E-state index contributed by atoms with van der Waals surface area (Å²) in [6.07, 6.45) is 4.38. The molecule has 18 heavy (non-hydrogen) atoms. The van der Waals surface area contributed by atoms with E-state index < -0.39 is 0 Å². The van der Waals surface area contributed by atoms with Crippen LogP contribution in [-0.2, 0) is 0 Å². The summed E-state index contributed by atoms with van der Waals surface area (Å²) in [5.41, 5.74) is 2.29. The third kappa shape index (κ3) is 2.04. The van der Waals surface area contributed by atoms with Crippen molar-refractivity contribution in [3.63, 3.8) is 0 Å². The van der Waals surface area contributed by atoms with Gasteiger partial charge in [-0.3, -0.25) is 0 Å². The molecule has 1 unspecified atom stereocenters. The highest BCUT2D eigenvalue weighted by Gasteiger charge is 2.26. The number of hydrogen-bond acceptors (Lipinski definition) is 3. The van der Waals surface area contributed by atoms with Gasteiger partial charge in [0.2, 0.25) is 0 Å². The topological polar surface area (TPSA) is 37.2 Å². The highest BCUT2D eigenvalue weighted by Crippen LogP contribution is 2.34. The molecular weight excluding hydrogens is 224 g/mol. The minimum absolute atomic E-state index is 0.399. The molecule has 0 saturated carbocycles. The molecule has 1 aliphatic rings. The maximum absolute atomic E-state index is 5.67. The number of piperidine rings is 1. The van der Waals surface area contributed by atoms with Crippen LogP contribution in [0.2, 0.25) is 0 Å². The lowest BCUT2D eigenvalue weighted by atomic mass is 9.86. The van der Waals surface area contributed by atoms with Crippen molar-refractivity contribution in [1.29, 1.82) is 0 Å². The van der Waals surface area contributed by atoms with E-state index in [0.717, 1.165) is 18.7 Å². The van der Waals surface area contributed by atoms with Crippen LogP contribution >= 0.6 is 0 Å². The quantitative estimate of drug-likeness (QED) is 0.871. The maximum Gasteiger partial charge on any atom is 0.134 e. The van der Waals surface area contributed by atoms with Crippen LogP contribution in [0.3, 0.4) is 0 Å². The Morgan fingerprint density at radius 2 is 2.06 bits per heavy atom. The van der Waals surface area contributed by atoms with Gasteiger partial charge < -0.3 is 15.1 Å². The van der Waals surface area contributed by atoms with Gasteiger partial charge in [-0.1, -0.05) is 18.2 Å². The monoisotopic (exact) mass is 244 g/mol. The van der Waals surface area contributed by atoms with E-state index >= 15 is 0 Å². The Labute approximate surface area is 108 Å². The minimum Gasteiger partial charge on any atom is -0.464 e. The van der Waals surface area contributed by atoms with E-state index in [0.29, 0.717) is 12.0 Å². The molecule has 0 amide bonds. The Balaban J connectivity index is 1.95. The molecule has 1 fully saturated rings. The zero-order valence-corrected chi connectivity index (χ0v) is 10.8. The van der Waals surface area contributed by atoms with E-state index in [1.54, 1.807) is 0 Å². The minimum atomic E-state index is 0.399. The third-order valence-electron chi connectivity index (χ3n) is 4.01. The van der Waals surface area contributed by atoms with Gasteiger partial charge in [-0.25, -0.2) is 0 Å². The van der Waals surface area contributed by atoms with Gasteiger partial charge in [-0.05, 0) is 45.0 Å². The van der Waals surface area contributed by atoms with Crippen molar-refractivity contribution >= 4 is 11.0 Å². The van der Waals surface area contributed by atoms with Crippen LogP contribution in [0.5, 0.6) is 0 Å². The first-order chi connectivity index (χ1) is 8.90. The van der Waals surface area contributed by atoms with E-state index in [-0.39, 0.29) is 0 Å². The average Bonchev–Trinajstić information content (AvgIpc) is 2.85. The normalized spacial score (nSPS) is 19.2. The van der Waals surface area contributed by atoms with E-state index in [4.69, 9.17) is 4.42 Å². The zero-order chi connectivity index (χ0) is 12.4. The predicted octanol–water partition coefficient (Wildman–Crippen LogP) is 2.69. The smallest absolute Gasteiger partial charge is 0.134 e. The summed E-state index contributed by atoms with van der Waals surface area (Å²) in [5, 5.41) is 8.15. The van der Waals surface area contributed by atoms with E-state index in [2.05, 4.69) is 29.8 Å². The number of hydrogen-bond donors (Lipinski definition) is 2. The molecule has 1 aromatic carbocycles. The molecule has 0 spiro atoms. The number of para-hydroxylation sites is 1. The van der Waals surface area contributed by atoms with Crippen LogP contribution in [0.4, 0.5) is 0 Å². The number of benzene rings is 1. The fourth-order valence-corrected chi connectivity index (χ4v) is 3.06. The van der Waals surface area contributed by atoms with Crippen molar-refractivity contribution in [1.82, 2.24) is 10.6 Å². The number of furan rings is 1. The van der Waals surface area contributed by atoms with Gasteiger partial charge in [0.1, 0.15) is 5.58 Å². The van der Waals surface area contributed by atoms with Crippen molar-refractivity contribution in [2.45, 2.75) is 18.9 Å². The maximum atomic E-state index is 5.67. The molecule has 1 atom stereocenters. The largest absolute Gasteiger partial charge is 0.464 e. The summed E-state index contributed by atoms with van der Waals surface area (Å²) < 4.78 is 5.67. The second-order valence-electron chi connectivity index (χ2n) is 5.04. The molecule has 1 aliphatic heterocycles. The molecule has 2 aromatic rings. The number of nitrogens with one attached hydrogen (secondary N) is 2. The molecule has 96 valence electrons. The molecule has 0 bridgehead atoms. The Kier molecular flexibility index (Phi) is 3.35. The lowest BCUT2D eigenvalue weighted by molar-refractivity contribution is 0.294. The van der Waals surface area contributed by atoms with Crippen molar-refractivity contribution in [3.8, 4) is 0 Å². The molecular formula is C15H20N2O. The zero-order valence-electron chi connectivity index (χ0n) is 10.8. The predicted molar refractivity (Wildman–Crippen MR) is 73.6 cm³/mol. The van der Waals surface area contributed by atoms with E-state index in [1.165, 1.54) is 23.8 Å². The molecule has 0 radical (unpaired) electrons. The molecule has 2 N–H and O–H groups in total. The Morgan fingerprint density at radius 3 is 2.83 bits per heavy atom. The second-order valence-corrected chi connectivity index (χ2v) is 5.04. The number of rotatable bonds is 3. The molecule has 2 heterocycles. The van der Waals surface area contributed by atoms with Gasteiger partial charge in [-0.2, -0.15) is 0 Å². The summed E-state index contributed by atoms with van der Waals surface area (Å²) in [5.74, 6) is 0.692. The first kappa shape index (κ1) is 11.8. The molecule has 3 rings (SSSR count). The average molecular weight is 244 g/mol. The fraction of sp³-hybridized carbons (Fsp3) is 0.467. The summed E-state index contributed by atoms with van der Waals surface area (Å²) in [4.78, 5) is 0. The third-order valence-corrected chi connectivity index (χ3v) is 4.01. The van der Waals surface area contributed by atoms with Gasteiger partial charge in [0, 0.05) is 17.0 Å². The van der Waals surface area contributed by atoms with Crippen molar-refractivity contribution in [3.05, 3.63) is 36.1 Å². The van der Waals surface area contributed by atoms with Crippen LogP contribution in [0.15, 0.2) is 34.9 Å². The first-order valence-corrected chi connectivity index (χ1v) is 6.74. The summed E-state index contributed by atoms with van der Waals surface area (Å²) in [7, 11) is 2.05. The first-order valence-electron chi connectivity index (χ1n) is 6.74. The van der Waals surface area contributed by atoms with Crippen LogP contribution in [0, 0.1) is 5.92 Å². The van der Waals surface area contributed by atoms with Crippen LogP contribution < -0.4 is 10.6 Å². The Bertz CT molecular complexity index is 514. The van der Waals surface area contributed by atoms with Gasteiger partial charge in [0.15, 0.2) is 0 Å². The molecule has 1 saturated heterocycles. The highest BCUT2D eigenvalue weighted by molar-refractivity contribution is 5.81. The molecule has 1 aromatic heterocycles. The second kappa shape index (κ2) is 5.12. The molecule has 3 heteroatoms. The van der Waals surface area contributed by atoms with Crippen LogP contribution in [-0.4, -0.2) is 20.1 Å². The van der Waals surface area contributed by atoms with Crippen LogP contribution in [0.1, 0.15) is 24.4 Å². The summed E-state index contributed by atoms with van der Waals surface area (Å²) in [6, 6.07) is 8.69. The number of fused-ring (bicyclic) bond motifs is 1. The van der Waals surface area contributed by atoms with Crippen molar-refractivity contribution < 1.29 is 4.42 Å². The fourth-order valence-electron chi connectivity index (χ4n) is 3.06. The van der Waals surface area contributed by atoms with Gasteiger partial charge in [-0.15, -0.1) is 0 Å². The van der Waals surface area contributed by atoms with Crippen molar-refractivity contribution in [2.75, 3.05) is 20.1 Å². The lowest BCUT2D eigenvalue weighted by Crippen LogP contribution is -2.35. The van der Waals surface area contributed by atoms with Gasteiger partial charge in [0.25, 0.3) is 0 Å². The van der Waals surface area contributed by atoms with E-state index in [9.17, 15) is 0 Å². The summed E-state index contributed by atoms with van der Waals surface area (Å²) >= 11 is 0. The Hall–Kier alpha value is -1.32. The molecule has 0 aliphatic carbocycles. The van der Waals surface area contributed by atoms with Crippen molar-refractivity contribution in [2.24, 2.45) is 5.92 Å². The van der Waals surface area contributed by atoms with Crippen LogP contribution in [0.25, 0.3) is 11.0 Å². The summed E-state index contributed by atoms with van der Waals surface area (Å²) in [6.45, 7) is 2.25.